The fourth-order valence-electron chi connectivity index (χ4n) is 1.03. The van der Waals surface area contributed by atoms with E-state index in [1.165, 1.54) is 13.0 Å². The molecule has 0 radical (unpaired) electrons. The van der Waals surface area contributed by atoms with Crippen LogP contribution in [0.1, 0.15) is 6.42 Å². The highest BCUT2D eigenvalue weighted by molar-refractivity contribution is 5.59. The summed E-state index contributed by atoms with van der Waals surface area (Å²) in [4.78, 5) is 2.27. The molecule has 0 saturated heterocycles. The molecule has 0 unspecified atom stereocenters. The zero-order chi connectivity index (χ0) is 7.40. The number of nitrogens with zero attached hydrogens (tertiary/aromatic N) is 3. The lowest BCUT2D eigenvalue weighted by molar-refractivity contribution is 0.289. The first-order chi connectivity index (χ1) is 4.79. The van der Waals surface area contributed by atoms with E-state index in [0.717, 1.165) is 13.1 Å². The molecule has 1 heterocycles. The third kappa shape index (κ3) is 2.35. The molecule has 0 atom stereocenters. The van der Waals surface area contributed by atoms with E-state index < -0.39 is 0 Å². The van der Waals surface area contributed by atoms with Gasteiger partial charge in [-0.1, -0.05) is 0 Å². The van der Waals surface area contributed by atoms with Gasteiger partial charge in [-0.3, -0.25) is 0 Å². The quantitative estimate of drug-likeness (QED) is 0.481. The summed E-state index contributed by atoms with van der Waals surface area (Å²) in [6.45, 7) is 3.22. The van der Waals surface area contributed by atoms with Crippen LogP contribution in [0, 0.1) is 0 Å². The van der Waals surface area contributed by atoms with Crippen molar-refractivity contribution < 1.29 is 0 Å². The monoisotopic (exact) mass is 141 g/mol. The Morgan fingerprint density at radius 2 is 2.10 bits per heavy atom. The van der Waals surface area contributed by atoms with Crippen LogP contribution in [0.4, 0.5) is 0 Å². The molecular weight excluding hydrogens is 126 g/mol. The van der Waals surface area contributed by atoms with E-state index in [0.29, 0.717) is 0 Å². The van der Waals surface area contributed by atoms with Crippen molar-refractivity contribution in [3.63, 3.8) is 0 Å². The van der Waals surface area contributed by atoms with Crippen molar-refractivity contribution in [1.82, 2.24) is 9.91 Å². The van der Waals surface area contributed by atoms with Gasteiger partial charge in [0.25, 0.3) is 0 Å². The van der Waals surface area contributed by atoms with Gasteiger partial charge < -0.3 is 9.91 Å². The van der Waals surface area contributed by atoms with Crippen LogP contribution in [0.5, 0.6) is 0 Å². The lowest BCUT2D eigenvalue weighted by atomic mass is 10.4. The highest BCUT2D eigenvalue weighted by atomic mass is 15.4. The largest absolute Gasteiger partial charge is 0.301 e. The van der Waals surface area contributed by atoms with Gasteiger partial charge in [0.2, 0.25) is 0 Å². The van der Waals surface area contributed by atoms with Gasteiger partial charge in [-0.05, 0) is 20.0 Å². The second kappa shape index (κ2) is 3.56. The van der Waals surface area contributed by atoms with E-state index in [-0.39, 0.29) is 0 Å². The Hall–Kier alpha value is -0.570. The van der Waals surface area contributed by atoms with Crippen LogP contribution in [-0.4, -0.2) is 49.9 Å². The van der Waals surface area contributed by atoms with Crippen molar-refractivity contribution >= 4 is 6.21 Å². The van der Waals surface area contributed by atoms with Crippen LogP contribution in [0.25, 0.3) is 0 Å². The summed E-state index contributed by atoms with van der Waals surface area (Å²) in [5, 5.41) is 6.19. The zero-order valence-electron chi connectivity index (χ0n) is 6.75. The maximum Gasteiger partial charge on any atom is 0.0385 e. The molecule has 3 heteroatoms. The van der Waals surface area contributed by atoms with E-state index in [4.69, 9.17) is 0 Å². The summed E-state index contributed by atoms with van der Waals surface area (Å²) < 4.78 is 0. The van der Waals surface area contributed by atoms with E-state index in [9.17, 15) is 0 Å². The SMILES string of the molecule is CN1C/C=N/N(C)CCC1. The van der Waals surface area contributed by atoms with Gasteiger partial charge in [0, 0.05) is 26.4 Å². The molecule has 0 aliphatic carbocycles. The molecule has 1 rings (SSSR count). The molecule has 3 nitrogen and oxygen atoms in total. The van der Waals surface area contributed by atoms with E-state index in [1.807, 2.05) is 18.3 Å². The highest BCUT2D eigenvalue weighted by Crippen LogP contribution is 1.93. The predicted octanol–water partition coefficient (Wildman–Crippen LogP) is 0.239. The normalized spacial score (nSPS) is 25.6. The van der Waals surface area contributed by atoms with Gasteiger partial charge in [0.05, 0.1) is 0 Å². The van der Waals surface area contributed by atoms with Gasteiger partial charge in [-0.25, -0.2) is 0 Å². The van der Waals surface area contributed by atoms with Crippen LogP contribution < -0.4 is 0 Å². The Balaban J connectivity index is 2.38. The number of hydrogen-bond acceptors (Lipinski definition) is 3. The molecule has 1 aliphatic heterocycles. The third-order valence-electron chi connectivity index (χ3n) is 1.69. The number of hydrogen-bond donors (Lipinski definition) is 0. The molecule has 10 heavy (non-hydrogen) atoms. The van der Waals surface area contributed by atoms with Gasteiger partial charge in [0.1, 0.15) is 0 Å². The van der Waals surface area contributed by atoms with Crippen LogP contribution in [0.3, 0.4) is 0 Å². The van der Waals surface area contributed by atoms with Crippen molar-refractivity contribution in [3.8, 4) is 0 Å². The minimum absolute atomic E-state index is 0.977. The Morgan fingerprint density at radius 1 is 1.30 bits per heavy atom. The number of hydrazone groups is 1. The van der Waals surface area contributed by atoms with Gasteiger partial charge in [-0.15, -0.1) is 0 Å². The van der Waals surface area contributed by atoms with Crippen molar-refractivity contribution in [2.24, 2.45) is 5.10 Å². The first kappa shape index (κ1) is 7.54. The standard InChI is InChI=1S/C7H15N3/c1-9-5-3-6-10(2)8-4-7-9/h4H,3,5-7H2,1-2H3/b8-4+. The zero-order valence-corrected chi connectivity index (χ0v) is 6.75. The Kier molecular flexibility index (Phi) is 2.68. The lowest BCUT2D eigenvalue weighted by Crippen LogP contribution is -2.28. The topological polar surface area (TPSA) is 18.8 Å². The Morgan fingerprint density at radius 3 is 2.90 bits per heavy atom. The van der Waals surface area contributed by atoms with Crippen molar-refractivity contribution in [1.29, 1.82) is 0 Å². The molecule has 0 fully saturated rings. The molecule has 1 aliphatic rings. The van der Waals surface area contributed by atoms with Crippen LogP contribution >= 0.6 is 0 Å². The Labute approximate surface area is 62.3 Å². The van der Waals surface area contributed by atoms with Crippen molar-refractivity contribution in [3.05, 3.63) is 0 Å². The summed E-state index contributed by atoms with van der Waals surface area (Å²) in [5.41, 5.74) is 0. The molecule has 0 aromatic rings. The first-order valence-electron chi connectivity index (χ1n) is 3.71. The lowest BCUT2D eigenvalue weighted by Gasteiger charge is -2.20. The molecule has 0 spiro atoms. The maximum absolute atomic E-state index is 4.20. The molecule has 0 aromatic heterocycles. The fourth-order valence-corrected chi connectivity index (χ4v) is 1.03. The average molecular weight is 141 g/mol. The minimum Gasteiger partial charge on any atom is -0.301 e. The second-order valence-electron chi connectivity index (χ2n) is 2.80. The van der Waals surface area contributed by atoms with E-state index in [2.05, 4.69) is 17.0 Å². The van der Waals surface area contributed by atoms with E-state index in [1.54, 1.807) is 0 Å². The van der Waals surface area contributed by atoms with Gasteiger partial charge in [0.15, 0.2) is 0 Å². The van der Waals surface area contributed by atoms with Crippen LogP contribution in [-0.2, 0) is 0 Å². The average Bonchev–Trinajstić information content (AvgIpc) is 1.84. The summed E-state index contributed by atoms with van der Waals surface area (Å²) >= 11 is 0. The third-order valence-corrected chi connectivity index (χ3v) is 1.69. The molecule has 0 amide bonds. The van der Waals surface area contributed by atoms with Crippen molar-refractivity contribution in [2.45, 2.75) is 6.42 Å². The summed E-state index contributed by atoms with van der Waals surface area (Å²) in [5.74, 6) is 0. The molecule has 0 N–H and O–H groups in total. The second-order valence-corrected chi connectivity index (χ2v) is 2.80. The molecular formula is C7H15N3. The van der Waals surface area contributed by atoms with Crippen LogP contribution in [0.2, 0.25) is 0 Å². The predicted molar refractivity (Wildman–Crippen MR) is 43.2 cm³/mol. The minimum atomic E-state index is 0.977. The van der Waals surface area contributed by atoms with Crippen molar-refractivity contribution in [2.75, 3.05) is 33.7 Å². The summed E-state index contributed by atoms with van der Waals surface area (Å²) in [6, 6.07) is 0. The smallest absolute Gasteiger partial charge is 0.0385 e. The highest BCUT2D eigenvalue weighted by Gasteiger charge is 2.00. The number of rotatable bonds is 0. The Bertz CT molecular complexity index is 122. The molecule has 58 valence electrons. The van der Waals surface area contributed by atoms with E-state index >= 15 is 0 Å². The molecule has 0 bridgehead atoms. The first-order valence-corrected chi connectivity index (χ1v) is 3.71. The fraction of sp³-hybridized carbons (Fsp3) is 0.857. The summed E-state index contributed by atoms with van der Waals surface area (Å²) in [6.07, 6.45) is 3.17. The maximum atomic E-state index is 4.20. The van der Waals surface area contributed by atoms with Gasteiger partial charge >= 0.3 is 0 Å². The molecule has 0 saturated carbocycles. The molecule has 0 aromatic carbocycles. The summed E-state index contributed by atoms with van der Waals surface area (Å²) in [7, 11) is 4.14. The van der Waals surface area contributed by atoms with Gasteiger partial charge in [-0.2, -0.15) is 5.10 Å². The van der Waals surface area contributed by atoms with Crippen LogP contribution in [0.15, 0.2) is 5.10 Å².